The summed E-state index contributed by atoms with van der Waals surface area (Å²) in [5.74, 6) is 0.990. The van der Waals surface area contributed by atoms with Crippen molar-refractivity contribution in [2.24, 2.45) is 11.8 Å². The summed E-state index contributed by atoms with van der Waals surface area (Å²) in [6.07, 6.45) is 1.65. The van der Waals surface area contributed by atoms with Crippen molar-refractivity contribution in [3.05, 3.63) is 34.9 Å². The van der Waals surface area contributed by atoms with E-state index in [9.17, 15) is 5.11 Å². The zero-order valence-corrected chi connectivity index (χ0v) is 12.7. The van der Waals surface area contributed by atoms with E-state index in [0.29, 0.717) is 11.8 Å². The molecule has 0 amide bonds. The van der Waals surface area contributed by atoms with E-state index in [1.807, 2.05) is 0 Å². The van der Waals surface area contributed by atoms with Crippen LogP contribution in [0.2, 0.25) is 0 Å². The van der Waals surface area contributed by atoms with Crippen LogP contribution >= 0.6 is 0 Å². The molecule has 0 spiro atoms. The molecule has 102 valence electrons. The average Bonchev–Trinajstić information content (AvgIpc) is 2.12. The van der Waals surface area contributed by atoms with Crippen LogP contribution in [0.5, 0.6) is 0 Å². The summed E-state index contributed by atoms with van der Waals surface area (Å²) in [6, 6.07) is 6.43. The zero-order valence-electron chi connectivity index (χ0n) is 12.7. The predicted molar refractivity (Wildman–Crippen MR) is 78.7 cm³/mol. The maximum Gasteiger partial charge on any atom is 0.0901 e. The highest BCUT2D eigenvalue weighted by atomic mass is 16.3. The van der Waals surface area contributed by atoms with Gasteiger partial charge in [-0.15, -0.1) is 0 Å². The molecule has 0 aromatic heterocycles. The molecule has 0 saturated heterocycles. The molecule has 1 nitrogen and oxygen atoms in total. The Kier molecular flexibility index (Phi) is 4.98. The minimum atomic E-state index is -0.681. The van der Waals surface area contributed by atoms with Gasteiger partial charge in [-0.2, -0.15) is 0 Å². The van der Waals surface area contributed by atoms with Gasteiger partial charge in [0.15, 0.2) is 0 Å². The Bertz CT molecular complexity index is 360. The van der Waals surface area contributed by atoms with Gasteiger partial charge in [0.25, 0.3) is 0 Å². The second-order valence-corrected chi connectivity index (χ2v) is 6.60. The fraction of sp³-hybridized carbons (Fsp3) is 0.647. The van der Waals surface area contributed by atoms with Crippen molar-refractivity contribution >= 4 is 0 Å². The molecule has 0 fully saturated rings. The van der Waals surface area contributed by atoms with E-state index in [4.69, 9.17) is 0 Å². The third-order valence-electron chi connectivity index (χ3n) is 3.25. The maximum atomic E-state index is 11.1. The molecule has 0 heterocycles. The second-order valence-electron chi connectivity index (χ2n) is 6.60. The van der Waals surface area contributed by atoms with Gasteiger partial charge in [-0.05, 0) is 44.1 Å². The third-order valence-corrected chi connectivity index (χ3v) is 3.25. The first-order valence-corrected chi connectivity index (χ1v) is 7.04. The number of aryl methyl sites for hydroxylation is 2. The van der Waals surface area contributed by atoms with Crippen molar-refractivity contribution in [3.8, 4) is 0 Å². The van der Waals surface area contributed by atoms with Crippen LogP contribution in [-0.2, 0) is 5.60 Å². The molecule has 0 radical (unpaired) electrons. The fourth-order valence-electron chi connectivity index (χ4n) is 2.91. The van der Waals surface area contributed by atoms with E-state index in [2.05, 4.69) is 59.7 Å². The van der Waals surface area contributed by atoms with Gasteiger partial charge in [-0.1, -0.05) is 57.0 Å². The van der Waals surface area contributed by atoms with Crippen LogP contribution in [0, 0.1) is 25.7 Å². The lowest BCUT2D eigenvalue weighted by Gasteiger charge is -2.33. The summed E-state index contributed by atoms with van der Waals surface area (Å²) in [7, 11) is 0. The molecule has 0 bridgehead atoms. The van der Waals surface area contributed by atoms with Gasteiger partial charge in [-0.25, -0.2) is 0 Å². The molecular weight excluding hydrogens is 220 g/mol. The molecule has 0 saturated carbocycles. The van der Waals surface area contributed by atoms with Crippen LogP contribution in [-0.4, -0.2) is 5.11 Å². The standard InChI is InChI=1S/C17H28O/c1-12(2)10-17(18,11-13(3)4)16-8-14(5)7-15(6)9-16/h7-9,12-13,18H,10-11H2,1-6H3. The van der Waals surface area contributed by atoms with Crippen molar-refractivity contribution in [3.63, 3.8) is 0 Å². The largest absolute Gasteiger partial charge is 0.385 e. The van der Waals surface area contributed by atoms with Gasteiger partial charge >= 0.3 is 0 Å². The van der Waals surface area contributed by atoms with Crippen LogP contribution in [0.4, 0.5) is 0 Å². The van der Waals surface area contributed by atoms with Gasteiger partial charge in [0.1, 0.15) is 0 Å². The number of hydrogen-bond acceptors (Lipinski definition) is 1. The first-order chi connectivity index (χ1) is 8.23. The monoisotopic (exact) mass is 248 g/mol. The lowest BCUT2D eigenvalue weighted by Crippen LogP contribution is -2.29. The number of benzene rings is 1. The lowest BCUT2D eigenvalue weighted by molar-refractivity contribution is -0.00459. The molecule has 1 rings (SSSR count). The minimum Gasteiger partial charge on any atom is -0.385 e. The SMILES string of the molecule is Cc1cc(C)cc(C(O)(CC(C)C)CC(C)C)c1. The highest BCUT2D eigenvalue weighted by molar-refractivity contribution is 5.32. The van der Waals surface area contributed by atoms with Crippen LogP contribution in [0.25, 0.3) is 0 Å². The van der Waals surface area contributed by atoms with Crippen LogP contribution in [0.1, 0.15) is 57.2 Å². The summed E-state index contributed by atoms with van der Waals surface area (Å²) >= 11 is 0. The molecular formula is C17H28O. The molecule has 0 aliphatic heterocycles. The van der Waals surface area contributed by atoms with E-state index in [1.165, 1.54) is 11.1 Å². The molecule has 1 aromatic rings. The molecule has 0 aliphatic rings. The molecule has 18 heavy (non-hydrogen) atoms. The predicted octanol–water partition coefficient (Wildman–Crippen LogP) is 4.58. The first-order valence-electron chi connectivity index (χ1n) is 7.04. The normalized spacial score (nSPS) is 12.5. The van der Waals surface area contributed by atoms with Gasteiger partial charge in [0.05, 0.1) is 5.60 Å². The van der Waals surface area contributed by atoms with Gasteiger partial charge < -0.3 is 5.11 Å². The van der Waals surface area contributed by atoms with E-state index in [-0.39, 0.29) is 0 Å². The van der Waals surface area contributed by atoms with Crippen molar-refractivity contribution in [2.45, 2.75) is 60.0 Å². The average molecular weight is 248 g/mol. The maximum absolute atomic E-state index is 11.1. The van der Waals surface area contributed by atoms with Gasteiger partial charge in [0, 0.05) is 0 Å². The minimum absolute atomic E-state index is 0.495. The third kappa shape index (κ3) is 4.13. The lowest BCUT2D eigenvalue weighted by atomic mass is 9.79. The van der Waals surface area contributed by atoms with Crippen molar-refractivity contribution in [1.82, 2.24) is 0 Å². The molecule has 0 unspecified atom stereocenters. The van der Waals surface area contributed by atoms with Gasteiger partial charge in [-0.3, -0.25) is 0 Å². The number of rotatable bonds is 5. The Morgan fingerprint density at radius 3 is 1.61 bits per heavy atom. The van der Waals surface area contributed by atoms with E-state index in [1.54, 1.807) is 0 Å². The van der Waals surface area contributed by atoms with E-state index < -0.39 is 5.60 Å². The van der Waals surface area contributed by atoms with E-state index in [0.717, 1.165) is 18.4 Å². The molecule has 1 heteroatoms. The Hall–Kier alpha value is -0.820. The smallest absolute Gasteiger partial charge is 0.0901 e. The summed E-state index contributed by atoms with van der Waals surface area (Å²) in [6.45, 7) is 12.9. The number of aliphatic hydroxyl groups is 1. The molecule has 0 atom stereocenters. The number of hydrogen-bond donors (Lipinski definition) is 1. The molecule has 1 N–H and O–H groups in total. The second kappa shape index (κ2) is 5.88. The topological polar surface area (TPSA) is 20.2 Å². The first kappa shape index (κ1) is 15.2. The van der Waals surface area contributed by atoms with Crippen LogP contribution in [0.3, 0.4) is 0 Å². The van der Waals surface area contributed by atoms with Crippen LogP contribution in [0.15, 0.2) is 18.2 Å². The van der Waals surface area contributed by atoms with E-state index >= 15 is 0 Å². The summed E-state index contributed by atoms with van der Waals surface area (Å²) in [5.41, 5.74) is 2.87. The Morgan fingerprint density at radius 1 is 0.889 bits per heavy atom. The molecule has 1 aromatic carbocycles. The summed E-state index contributed by atoms with van der Waals surface area (Å²) < 4.78 is 0. The van der Waals surface area contributed by atoms with Gasteiger partial charge in [0.2, 0.25) is 0 Å². The Balaban J connectivity index is 3.15. The quantitative estimate of drug-likeness (QED) is 0.808. The van der Waals surface area contributed by atoms with Crippen molar-refractivity contribution < 1.29 is 5.11 Å². The fourth-order valence-corrected chi connectivity index (χ4v) is 2.91. The Morgan fingerprint density at radius 2 is 1.28 bits per heavy atom. The summed E-state index contributed by atoms with van der Waals surface area (Å²) in [4.78, 5) is 0. The van der Waals surface area contributed by atoms with Crippen molar-refractivity contribution in [1.29, 1.82) is 0 Å². The summed E-state index contributed by atoms with van der Waals surface area (Å²) in [5, 5.41) is 11.1. The zero-order chi connectivity index (χ0) is 13.9. The highest BCUT2D eigenvalue weighted by Crippen LogP contribution is 2.35. The highest BCUT2D eigenvalue weighted by Gasteiger charge is 2.31. The van der Waals surface area contributed by atoms with Crippen LogP contribution < -0.4 is 0 Å². The molecule has 0 aliphatic carbocycles. The van der Waals surface area contributed by atoms with Crippen molar-refractivity contribution in [2.75, 3.05) is 0 Å². The Labute approximate surface area is 112 Å².